The first-order valence-electron chi connectivity index (χ1n) is 22.1. The molecule has 0 spiro atoms. The van der Waals surface area contributed by atoms with Gasteiger partial charge in [0.25, 0.3) is 11.7 Å². The number of carbonyl (C=O) groups is 3. The van der Waals surface area contributed by atoms with Crippen molar-refractivity contribution in [2.45, 2.75) is 105 Å². The maximum Gasteiger partial charge on any atom is 0.312 e. The minimum absolute atomic E-state index is 0.00906. The number of hydrogen-bond donors (Lipinski definition) is 5. The molecule has 3 aromatic carbocycles. The Labute approximate surface area is 377 Å². The molecule has 1 aromatic heterocycles. The number of benzene rings is 3. The van der Waals surface area contributed by atoms with Crippen LogP contribution in [0, 0.1) is 30.6 Å². The largest absolute Gasteiger partial charge is 0.505 e. The van der Waals surface area contributed by atoms with E-state index < -0.39 is 82.7 Å². The second kappa shape index (κ2) is 20.1. The number of methoxy groups -OCH3 is 1. The molecule has 0 aliphatic carbocycles. The maximum absolute atomic E-state index is 14.7. The third-order valence-electron chi connectivity index (χ3n) is 12.6. The number of esters is 1. The summed E-state index contributed by atoms with van der Waals surface area (Å²) in [5.41, 5.74) is -0.511. The number of unbranched alkanes of at least 4 members (excludes halogenated alkanes) is 1. The van der Waals surface area contributed by atoms with Crippen molar-refractivity contribution in [2.24, 2.45) is 23.7 Å². The summed E-state index contributed by atoms with van der Waals surface area (Å²) in [5, 5.41) is 40.8. The monoisotopic (exact) mass is 899 g/mol. The molecule has 350 valence electrons. The number of hydrogen-bond acceptors (Lipinski definition) is 15. The van der Waals surface area contributed by atoms with Crippen LogP contribution >= 0.6 is 0 Å². The minimum atomic E-state index is -2.05. The number of carbonyl (C=O) groups excluding carboxylic acids is 3. The summed E-state index contributed by atoms with van der Waals surface area (Å²) < 4.78 is 36.3. The van der Waals surface area contributed by atoms with Crippen molar-refractivity contribution in [1.82, 2.24) is 10.3 Å². The van der Waals surface area contributed by atoms with E-state index in [1.807, 2.05) is 0 Å². The van der Waals surface area contributed by atoms with Gasteiger partial charge in [-0.1, -0.05) is 59.3 Å². The smallest absolute Gasteiger partial charge is 0.312 e. The molecule has 1 amide bonds. The first-order valence-corrected chi connectivity index (χ1v) is 22.1. The van der Waals surface area contributed by atoms with Gasteiger partial charge in [-0.15, -0.1) is 0 Å². The molecular weight excluding hydrogens is 839 g/mol. The van der Waals surface area contributed by atoms with E-state index in [1.165, 1.54) is 53.2 Å². The van der Waals surface area contributed by atoms with E-state index in [0.717, 1.165) is 19.4 Å². The molecule has 5 bridgehead atoms. The van der Waals surface area contributed by atoms with E-state index >= 15 is 0 Å². The molecule has 6 rings (SSSR count). The number of fused-ring (bicyclic) bond motifs is 5. The fraction of sp³-hybridized carbons (Fsp3) is 0.490. The van der Waals surface area contributed by atoms with Crippen molar-refractivity contribution >= 4 is 56.3 Å². The molecule has 0 saturated heterocycles. The Balaban J connectivity index is 1.54. The lowest BCUT2D eigenvalue weighted by atomic mass is 9.78. The van der Waals surface area contributed by atoms with Crippen LogP contribution in [0.2, 0.25) is 0 Å². The molecule has 0 unspecified atom stereocenters. The van der Waals surface area contributed by atoms with Crippen molar-refractivity contribution in [2.75, 3.05) is 32.1 Å². The number of aliphatic hydroxyl groups is 2. The Bertz CT molecular complexity index is 2620. The Kier molecular flexibility index (Phi) is 15.1. The standard InChI is InChI=1S/C49H61N3O13/c1-11-12-19-50-20-22-61-31-16-17-32-34(23-31)64-46-38(51-32)35-36-42(56)29(7)45-37(35)47(58)49(9,65-45)62-21-18-33(60-10)26(4)44(63-30(8)53)28(6)41(55)27(5)40(54)24(2)14-13-15-25(3)48(59)52-39(46)43(36)57/h13-18,21,23-24,26-28,33,40-41,44,50,54-55,57H,11-12,19-20,22H2,1-10H3,(H,52,59)/b14-13+,21-18+,25-15-/t24-,26+,27+,28+,33-,40-,41+,44+,49-/m0/s1. The van der Waals surface area contributed by atoms with Crippen LogP contribution in [0.1, 0.15) is 84.2 Å². The summed E-state index contributed by atoms with van der Waals surface area (Å²) in [7, 11) is 1.44. The summed E-state index contributed by atoms with van der Waals surface area (Å²) in [4.78, 5) is 60.3. The van der Waals surface area contributed by atoms with E-state index in [2.05, 4.69) is 17.6 Å². The fourth-order valence-corrected chi connectivity index (χ4v) is 8.54. The van der Waals surface area contributed by atoms with Gasteiger partial charge in [-0.25, -0.2) is 4.98 Å². The van der Waals surface area contributed by atoms with E-state index in [9.17, 15) is 34.5 Å². The van der Waals surface area contributed by atoms with Gasteiger partial charge in [-0.3, -0.25) is 19.2 Å². The lowest BCUT2D eigenvalue weighted by molar-refractivity contribution is -0.160. The molecule has 65 heavy (non-hydrogen) atoms. The van der Waals surface area contributed by atoms with E-state index in [1.54, 1.807) is 58.0 Å². The van der Waals surface area contributed by atoms with Gasteiger partial charge in [0.2, 0.25) is 0 Å². The number of ketones is 1. The van der Waals surface area contributed by atoms with Gasteiger partial charge in [0.15, 0.2) is 22.3 Å². The SMILES string of the molecule is CCCCNCCOc1ccc2nc3c(oc2c1)c1c(O)c2c(=O)c(C)c4c(c23)C(=O)[C@@](C)(O/C=C/[C@H](OC)[C@@H](C)[C@@H](OC(C)=O)[C@H](C)[C@H](O)[C@H](C)[C@@H](O)[C@@H](C)/C=C/C=C(/C)C(=O)N1)O4. The molecule has 0 radical (unpaired) electrons. The summed E-state index contributed by atoms with van der Waals surface area (Å²) in [5.74, 6) is -6.79. The molecule has 0 fully saturated rings. The predicted octanol–water partition coefficient (Wildman–Crippen LogP) is 6.77. The lowest BCUT2D eigenvalue weighted by Gasteiger charge is -2.38. The summed E-state index contributed by atoms with van der Waals surface area (Å²) in [6.07, 6.45) is 5.72. The number of nitrogens with zero attached hydrogens (tertiary/aromatic N) is 1. The maximum atomic E-state index is 14.7. The van der Waals surface area contributed by atoms with Crippen LogP contribution in [0.3, 0.4) is 0 Å². The number of nitrogens with one attached hydrogen (secondary N) is 2. The topological polar surface area (TPSA) is 225 Å². The molecule has 9 atom stereocenters. The van der Waals surface area contributed by atoms with Crippen LogP contribution in [-0.4, -0.2) is 95.0 Å². The van der Waals surface area contributed by atoms with Crippen LogP contribution in [0.4, 0.5) is 5.69 Å². The predicted molar refractivity (Wildman–Crippen MR) is 245 cm³/mol. The molecule has 2 aliphatic heterocycles. The van der Waals surface area contributed by atoms with Crippen molar-refractivity contribution in [1.29, 1.82) is 0 Å². The molecule has 16 heteroatoms. The van der Waals surface area contributed by atoms with Gasteiger partial charge in [0.1, 0.15) is 40.9 Å². The normalized spacial score (nSPS) is 28.4. The van der Waals surface area contributed by atoms with Crippen molar-refractivity contribution in [3.05, 3.63) is 75.7 Å². The molecule has 0 saturated carbocycles. The first kappa shape index (κ1) is 48.6. The Morgan fingerprint density at radius 3 is 2.43 bits per heavy atom. The number of aliphatic hydroxyl groups excluding tert-OH is 2. The highest BCUT2D eigenvalue weighted by Crippen LogP contribution is 2.48. The molecule has 5 N–H and O–H groups in total. The molecule has 2 aliphatic rings. The number of Topliss-reactive ketones (excluding diaryl/α,β-unsaturated/α-hetero) is 1. The Morgan fingerprint density at radius 1 is 1.00 bits per heavy atom. The summed E-state index contributed by atoms with van der Waals surface area (Å²) >= 11 is 0. The fourth-order valence-electron chi connectivity index (χ4n) is 8.54. The average Bonchev–Trinajstić information content (AvgIpc) is 3.54. The van der Waals surface area contributed by atoms with E-state index in [-0.39, 0.29) is 55.6 Å². The Hall–Kier alpha value is -5.81. The zero-order valence-electron chi connectivity index (χ0n) is 38.6. The van der Waals surface area contributed by atoms with E-state index in [0.29, 0.717) is 24.4 Å². The van der Waals surface area contributed by atoms with Crippen LogP contribution in [-0.2, 0) is 23.8 Å². The molecule has 3 heterocycles. The Morgan fingerprint density at radius 2 is 1.74 bits per heavy atom. The minimum Gasteiger partial charge on any atom is -0.505 e. The molecular formula is C49H61N3O13. The second-order valence-corrected chi connectivity index (χ2v) is 17.3. The number of amides is 1. The number of phenols is 1. The lowest BCUT2D eigenvalue weighted by Crippen LogP contribution is -2.46. The van der Waals surface area contributed by atoms with Crippen molar-refractivity contribution < 1.29 is 57.8 Å². The highest BCUT2D eigenvalue weighted by molar-refractivity contribution is 6.26. The molecule has 4 aromatic rings. The number of ether oxygens (including phenoxy) is 5. The highest BCUT2D eigenvalue weighted by Gasteiger charge is 2.49. The zero-order valence-corrected chi connectivity index (χ0v) is 38.6. The van der Waals surface area contributed by atoms with Gasteiger partial charge < -0.3 is 54.1 Å². The second-order valence-electron chi connectivity index (χ2n) is 17.3. The van der Waals surface area contributed by atoms with Crippen LogP contribution in [0.5, 0.6) is 17.2 Å². The van der Waals surface area contributed by atoms with Gasteiger partial charge in [-0.05, 0) is 45.0 Å². The zero-order chi connectivity index (χ0) is 47.5. The number of rotatable bonds is 9. The summed E-state index contributed by atoms with van der Waals surface area (Å²) in [6.45, 7) is 16.5. The van der Waals surface area contributed by atoms with Crippen LogP contribution in [0.25, 0.3) is 33.0 Å². The van der Waals surface area contributed by atoms with Gasteiger partial charge in [-0.2, -0.15) is 0 Å². The first-order chi connectivity index (χ1) is 30.8. The quantitative estimate of drug-likeness (QED) is 0.0384. The van der Waals surface area contributed by atoms with Crippen molar-refractivity contribution in [3.8, 4) is 17.2 Å². The van der Waals surface area contributed by atoms with Crippen molar-refractivity contribution in [3.63, 3.8) is 0 Å². The number of aromatic hydroxyl groups is 1. The van der Waals surface area contributed by atoms with Gasteiger partial charge in [0.05, 0.1) is 35.5 Å². The molecule has 16 nitrogen and oxygen atoms in total. The van der Waals surface area contributed by atoms with Crippen LogP contribution < -0.4 is 25.5 Å². The van der Waals surface area contributed by atoms with Gasteiger partial charge >= 0.3 is 11.8 Å². The third-order valence-corrected chi connectivity index (χ3v) is 12.6. The van der Waals surface area contributed by atoms with E-state index in [4.69, 9.17) is 33.1 Å². The van der Waals surface area contributed by atoms with Crippen LogP contribution in [0.15, 0.2) is 63.6 Å². The number of anilines is 1. The highest BCUT2D eigenvalue weighted by atomic mass is 16.7. The number of phenolic OH excluding ortho intramolecular Hbond substituents is 1. The summed E-state index contributed by atoms with van der Waals surface area (Å²) in [6, 6.07) is 5.00. The van der Waals surface area contributed by atoms with Gasteiger partial charge in [0, 0.05) is 73.8 Å². The number of aromatic nitrogens is 1. The third kappa shape index (κ3) is 9.76. The average molecular weight is 900 g/mol. The number of allylic oxidation sites excluding steroid dienone is 2.